The molecule has 2 N–H and O–H groups in total. The van der Waals surface area contributed by atoms with E-state index in [4.69, 9.17) is 0 Å². The fraction of sp³-hybridized carbons (Fsp3) is 0.423. The summed E-state index contributed by atoms with van der Waals surface area (Å²) in [7, 11) is 0. The van der Waals surface area contributed by atoms with Crippen molar-refractivity contribution in [3.63, 3.8) is 0 Å². The lowest BCUT2D eigenvalue weighted by molar-refractivity contribution is -0.140. The summed E-state index contributed by atoms with van der Waals surface area (Å²) < 4.78 is 0. The maximum absolute atomic E-state index is 13.2. The van der Waals surface area contributed by atoms with Crippen LogP contribution in [-0.2, 0) is 21.7 Å². The van der Waals surface area contributed by atoms with Crippen LogP contribution in [0.25, 0.3) is 0 Å². The first-order valence-electron chi connectivity index (χ1n) is 11.7. The van der Waals surface area contributed by atoms with Crippen molar-refractivity contribution in [3.8, 4) is 0 Å². The highest BCUT2D eigenvalue weighted by molar-refractivity contribution is 6.08. The molecule has 2 aliphatic rings. The molecular formula is C26H32N4O3. The van der Waals surface area contributed by atoms with Gasteiger partial charge in [0.25, 0.3) is 11.8 Å². The van der Waals surface area contributed by atoms with Crippen molar-refractivity contribution in [2.24, 2.45) is 0 Å². The average molecular weight is 449 g/mol. The number of hydrogen-bond donors (Lipinski definition) is 2. The van der Waals surface area contributed by atoms with Gasteiger partial charge in [-0.2, -0.15) is 5.01 Å². The average Bonchev–Trinajstić information content (AvgIpc) is 3.63. The van der Waals surface area contributed by atoms with Crippen LogP contribution < -0.4 is 10.7 Å². The topological polar surface area (TPSA) is 81.8 Å². The van der Waals surface area contributed by atoms with E-state index in [0.29, 0.717) is 30.5 Å². The summed E-state index contributed by atoms with van der Waals surface area (Å²) in [6.45, 7) is 6.95. The molecular weight excluding hydrogens is 416 g/mol. The molecule has 2 aromatic rings. The second-order valence-corrected chi connectivity index (χ2v) is 9.26. The Morgan fingerprint density at radius 3 is 2.36 bits per heavy atom. The number of rotatable bonds is 9. The second kappa shape index (κ2) is 9.35. The third-order valence-electron chi connectivity index (χ3n) is 6.57. The molecule has 0 aromatic heterocycles. The summed E-state index contributed by atoms with van der Waals surface area (Å²) in [4.78, 5) is 40.9. The SMILES string of the molecule is CCC1(c2ccccc2)NC(=O)N(NC(=O)CN(Cc2ccc(C(C)C)cc2)C2CC2)C1=O. The zero-order valence-electron chi connectivity index (χ0n) is 19.5. The lowest BCUT2D eigenvalue weighted by Crippen LogP contribution is -2.51. The van der Waals surface area contributed by atoms with Crippen molar-refractivity contribution < 1.29 is 14.4 Å². The smallest absolute Gasteiger partial charge is 0.318 e. The van der Waals surface area contributed by atoms with Crippen LogP contribution in [0.1, 0.15) is 62.6 Å². The zero-order valence-corrected chi connectivity index (χ0v) is 19.5. The molecule has 2 aromatic carbocycles. The molecule has 2 fully saturated rings. The van der Waals surface area contributed by atoms with Crippen molar-refractivity contribution in [1.82, 2.24) is 20.7 Å². The first-order chi connectivity index (χ1) is 15.8. The molecule has 1 aliphatic heterocycles. The van der Waals surface area contributed by atoms with Gasteiger partial charge in [0.1, 0.15) is 5.54 Å². The van der Waals surface area contributed by atoms with E-state index < -0.39 is 17.5 Å². The molecule has 4 amide bonds. The Morgan fingerprint density at radius 2 is 1.79 bits per heavy atom. The maximum Gasteiger partial charge on any atom is 0.344 e. The van der Waals surface area contributed by atoms with Gasteiger partial charge in [-0.1, -0.05) is 75.4 Å². The number of nitrogens with one attached hydrogen (secondary N) is 2. The van der Waals surface area contributed by atoms with Gasteiger partial charge in [-0.05, 0) is 41.9 Å². The van der Waals surface area contributed by atoms with Gasteiger partial charge < -0.3 is 5.32 Å². The molecule has 1 heterocycles. The predicted molar refractivity (Wildman–Crippen MR) is 126 cm³/mol. The minimum Gasteiger partial charge on any atom is -0.318 e. The third kappa shape index (κ3) is 4.78. The molecule has 7 nitrogen and oxygen atoms in total. The fourth-order valence-electron chi connectivity index (χ4n) is 4.38. The van der Waals surface area contributed by atoms with Gasteiger partial charge in [-0.15, -0.1) is 0 Å². The van der Waals surface area contributed by atoms with Crippen molar-refractivity contribution in [3.05, 3.63) is 71.3 Å². The maximum atomic E-state index is 13.2. The summed E-state index contributed by atoms with van der Waals surface area (Å²) in [6, 6.07) is 17.4. The molecule has 0 radical (unpaired) electrons. The number of hydrogen-bond acceptors (Lipinski definition) is 4. The molecule has 7 heteroatoms. The molecule has 1 unspecified atom stereocenters. The van der Waals surface area contributed by atoms with Crippen LogP contribution in [0.3, 0.4) is 0 Å². The normalized spacial score (nSPS) is 20.5. The first-order valence-corrected chi connectivity index (χ1v) is 11.7. The van der Waals surface area contributed by atoms with Crippen molar-refractivity contribution in [1.29, 1.82) is 0 Å². The number of carbonyl (C=O) groups is 3. The van der Waals surface area contributed by atoms with Crippen molar-refractivity contribution in [2.75, 3.05) is 6.54 Å². The molecule has 1 aliphatic carbocycles. The van der Waals surface area contributed by atoms with Crippen LogP contribution >= 0.6 is 0 Å². The van der Waals surface area contributed by atoms with Gasteiger partial charge in [0, 0.05) is 12.6 Å². The van der Waals surface area contributed by atoms with Gasteiger partial charge in [0.05, 0.1) is 6.54 Å². The van der Waals surface area contributed by atoms with E-state index in [1.807, 2.05) is 37.3 Å². The molecule has 1 atom stereocenters. The monoisotopic (exact) mass is 448 g/mol. The zero-order chi connectivity index (χ0) is 23.6. The largest absolute Gasteiger partial charge is 0.344 e. The summed E-state index contributed by atoms with van der Waals surface area (Å²) in [6.07, 6.45) is 2.48. The van der Waals surface area contributed by atoms with Gasteiger partial charge >= 0.3 is 6.03 Å². The predicted octanol–water partition coefficient (Wildman–Crippen LogP) is 3.66. The quantitative estimate of drug-likeness (QED) is 0.574. The lowest BCUT2D eigenvalue weighted by atomic mass is 9.87. The summed E-state index contributed by atoms with van der Waals surface area (Å²) in [5.41, 5.74) is 4.51. The van der Waals surface area contributed by atoms with Crippen LogP contribution in [0.5, 0.6) is 0 Å². The molecule has 33 heavy (non-hydrogen) atoms. The van der Waals surface area contributed by atoms with Crippen molar-refractivity contribution in [2.45, 2.75) is 64.1 Å². The number of carbonyl (C=O) groups excluding carboxylic acids is 3. The fourth-order valence-corrected chi connectivity index (χ4v) is 4.38. The third-order valence-corrected chi connectivity index (χ3v) is 6.57. The number of imide groups is 1. The Hall–Kier alpha value is -3.19. The van der Waals surface area contributed by atoms with E-state index in [9.17, 15) is 14.4 Å². The Balaban J connectivity index is 1.42. The van der Waals surface area contributed by atoms with Gasteiger partial charge in [-0.3, -0.25) is 19.9 Å². The van der Waals surface area contributed by atoms with Gasteiger partial charge in [-0.25, -0.2) is 4.79 Å². The van der Waals surface area contributed by atoms with E-state index in [0.717, 1.165) is 23.4 Å². The highest BCUT2D eigenvalue weighted by atomic mass is 16.2. The lowest BCUT2D eigenvalue weighted by Gasteiger charge is -2.26. The minimum atomic E-state index is -1.17. The highest BCUT2D eigenvalue weighted by Crippen LogP contribution is 2.32. The van der Waals surface area contributed by atoms with Gasteiger partial charge in [0.2, 0.25) is 0 Å². The number of hydrazine groups is 1. The Bertz CT molecular complexity index is 1020. The van der Waals surface area contributed by atoms with Crippen molar-refractivity contribution >= 4 is 17.8 Å². The molecule has 0 bridgehead atoms. The van der Waals surface area contributed by atoms with Crippen LogP contribution in [0, 0.1) is 0 Å². The standard InChI is InChI=1S/C26H32N4O3/c1-4-26(21-8-6-5-7-9-21)24(32)30(25(33)27-26)28-23(31)17-29(22-14-15-22)16-19-10-12-20(13-11-19)18(2)3/h5-13,18,22H,4,14-17H2,1-3H3,(H,27,33)(H,28,31). The van der Waals surface area contributed by atoms with E-state index in [1.54, 1.807) is 0 Å². The summed E-state index contributed by atoms with van der Waals surface area (Å²) in [5.74, 6) is -0.361. The molecule has 4 rings (SSSR count). The van der Waals surface area contributed by atoms with E-state index in [1.165, 1.54) is 5.56 Å². The molecule has 1 saturated heterocycles. The number of nitrogens with zero attached hydrogens (tertiary/aromatic N) is 2. The molecule has 1 saturated carbocycles. The number of amides is 4. The summed E-state index contributed by atoms with van der Waals surface area (Å²) in [5, 5.41) is 3.62. The Kier molecular flexibility index (Phi) is 6.51. The van der Waals surface area contributed by atoms with Crippen LogP contribution in [0.15, 0.2) is 54.6 Å². The van der Waals surface area contributed by atoms with Crippen LogP contribution in [0.4, 0.5) is 4.79 Å². The van der Waals surface area contributed by atoms with E-state index >= 15 is 0 Å². The molecule has 174 valence electrons. The first kappa shape index (κ1) is 23.0. The van der Waals surface area contributed by atoms with Crippen LogP contribution in [0.2, 0.25) is 0 Å². The molecule has 0 spiro atoms. The Morgan fingerprint density at radius 1 is 1.12 bits per heavy atom. The summed E-state index contributed by atoms with van der Waals surface area (Å²) >= 11 is 0. The minimum absolute atomic E-state index is 0.123. The van der Waals surface area contributed by atoms with E-state index in [2.05, 4.69) is 53.8 Å². The van der Waals surface area contributed by atoms with E-state index in [-0.39, 0.29) is 12.5 Å². The number of benzene rings is 2. The van der Waals surface area contributed by atoms with Gasteiger partial charge in [0.15, 0.2) is 0 Å². The number of urea groups is 1. The highest BCUT2D eigenvalue weighted by Gasteiger charge is 2.52. The Labute approximate surface area is 195 Å². The van der Waals surface area contributed by atoms with Crippen LogP contribution in [-0.4, -0.2) is 40.3 Å². The second-order valence-electron chi connectivity index (χ2n) is 9.26.